The second-order valence-corrected chi connectivity index (χ2v) is 6.96. The summed E-state index contributed by atoms with van der Waals surface area (Å²) in [6, 6.07) is 0.620. The van der Waals surface area contributed by atoms with Crippen LogP contribution < -0.4 is 0 Å². The van der Waals surface area contributed by atoms with Crippen molar-refractivity contribution in [3.63, 3.8) is 0 Å². The molecule has 1 aliphatic carbocycles. The lowest BCUT2D eigenvalue weighted by Gasteiger charge is -2.34. The number of Topliss-reactive ketones (excluding diaryl/α,β-unsaturated/α-hetero) is 1. The van der Waals surface area contributed by atoms with Crippen LogP contribution in [0.15, 0.2) is 0 Å². The van der Waals surface area contributed by atoms with Gasteiger partial charge in [0.25, 0.3) is 0 Å². The van der Waals surface area contributed by atoms with E-state index in [0.29, 0.717) is 17.7 Å². The van der Waals surface area contributed by atoms with E-state index in [0.717, 1.165) is 31.7 Å². The highest BCUT2D eigenvalue weighted by Gasteiger charge is 2.30. The van der Waals surface area contributed by atoms with Gasteiger partial charge in [-0.2, -0.15) is 11.8 Å². The third-order valence-corrected chi connectivity index (χ3v) is 5.25. The molecule has 0 heterocycles. The molecular weight excluding hydrogens is 254 g/mol. The van der Waals surface area contributed by atoms with Crippen LogP contribution in [0.3, 0.4) is 0 Å². The van der Waals surface area contributed by atoms with E-state index in [1.807, 2.05) is 11.8 Å². The van der Waals surface area contributed by atoms with Crippen molar-refractivity contribution < 1.29 is 4.79 Å². The van der Waals surface area contributed by atoms with Crippen molar-refractivity contribution >= 4 is 17.5 Å². The average Bonchev–Trinajstić information content (AvgIpc) is 2.40. The third kappa shape index (κ3) is 5.47. The van der Waals surface area contributed by atoms with Crippen LogP contribution in [0, 0.1) is 11.8 Å². The number of carbonyl (C=O) groups excluding carboxylic acids is 1. The van der Waals surface area contributed by atoms with Crippen LogP contribution >= 0.6 is 11.8 Å². The Morgan fingerprint density at radius 1 is 1.42 bits per heavy atom. The second-order valence-electron chi connectivity index (χ2n) is 6.05. The zero-order chi connectivity index (χ0) is 14.3. The monoisotopic (exact) mass is 285 g/mol. The number of hydrogen-bond acceptors (Lipinski definition) is 3. The lowest BCUT2D eigenvalue weighted by molar-refractivity contribution is -0.126. The summed E-state index contributed by atoms with van der Waals surface area (Å²) >= 11 is 1.91. The molecule has 1 saturated carbocycles. The summed E-state index contributed by atoms with van der Waals surface area (Å²) in [5, 5.41) is 0. The van der Waals surface area contributed by atoms with Gasteiger partial charge in [-0.05, 0) is 38.5 Å². The predicted molar refractivity (Wildman–Crippen MR) is 85.8 cm³/mol. The van der Waals surface area contributed by atoms with E-state index in [1.54, 1.807) is 0 Å². The molecule has 112 valence electrons. The van der Waals surface area contributed by atoms with Crippen molar-refractivity contribution in [3.05, 3.63) is 0 Å². The Kier molecular flexibility index (Phi) is 8.08. The fraction of sp³-hybridized carbons (Fsp3) is 0.938. The minimum absolute atomic E-state index is 0.297. The van der Waals surface area contributed by atoms with E-state index in [4.69, 9.17) is 0 Å². The van der Waals surface area contributed by atoms with Crippen LogP contribution in [0.5, 0.6) is 0 Å². The SMILES string of the molecule is CCCC1CCC(=O)C(CN(C)C(CC)CSC)C1. The molecule has 0 bridgehead atoms. The first kappa shape index (κ1) is 17.0. The van der Waals surface area contributed by atoms with Crippen LogP contribution in [0.1, 0.15) is 52.4 Å². The fourth-order valence-electron chi connectivity index (χ4n) is 3.29. The topological polar surface area (TPSA) is 20.3 Å². The van der Waals surface area contributed by atoms with Gasteiger partial charge in [0.05, 0.1) is 0 Å². The molecule has 2 nitrogen and oxygen atoms in total. The highest BCUT2D eigenvalue weighted by molar-refractivity contribution is 7.98. The molecule has 1 rings (SSSR count). The standard InChI is InChI=1S/C16H31NOS/c1-5-7-13-8-9-16(18)14(10-13)11-17(3)15(6-2)12-19-4/h13-15H,5-12H2,1-4H3. The maximum atomic E-state index is 12.1. The van der Waals surface area contributed by atoms with E-state index >= 15 is 0 Å². The second kappa shape index (κ2) is 9.02. The molecule has 0 saturated heterocycles. The van der Waals surface area contributed by atoms with Crippen LogP contribution in [0.25, 0.3) is 0 Å². The smallest absolute Gasteiger partial charge is 0.137 e. The summed E-state index contributed by atoms with van der Waals surface area (Å²) in [7, 11) is 2.20. The summed E-state index contributed by atoms with van der Waals surface area (Å²) in [6.07, 6.45) is 8.99. The Balaban J connectivity index is 2.50. The highest BCUT2D eigenvalue weighted by Crippen LogP contribution is 2.30. The predicted octanol–water partition coefficient (Wildman–Crippen LogP) is 3.85. The lowest BCUT2D eigenvalue weighted by Crippen LogP contribution is -2.40. The molecule has 3 unspecified atom stereocenters. The fourth-order valence-corrected chi connectivity index (χ4v) is 4.17. The maximum Gasteiger partial charge on any atom is 0.137 e. The van der Waals surface area contributed by atoms with Crippen molar-refractivity contribution in [1.82, 2.24) is 4.90 Å². The molecule has 0 N–H and O–H groups in total. The summed E-state index contributed by atoms with van der Waals surface area (Å²) in [5.41, 5.74) is 0. The Labute approximate surface area is 123 Å². The average molecular weight is 285 g/mol. The first-order valence-corrected chi connectivity index (χ1v) is 9.23. The first-order chi connectivity index (χ1) is 9.12. The van der Waals surface area contributed by atoms with Crippen LogP contribution in [-0.2, 0) is 4.79 Å². The number of carbonyl (C=O) groups is 1. The number of nitrogens with zero attached hydrogens (tertiary/aromatic N) is 1. The van der Waals surface area contributed by atoms with Crippen LogP contribution in [0.2, 0.25) is 0 Å². The van der Waals surface area contributed by atoms with Crippen molar-refractivity contribution in [1.29, 1.82) is 0 Å². The van der Waals surface area contributed by atoms with Gasteiger partial charge in [-0.25, -0.2) is 0 Å². The van der Waals surface area contributed by atoms with Gasteiger partial charge < -0.3 is 4.90 Å². The minimum atomic E-state index is 0.297. The first-order valence-electron chi connectivity index (χ1n) is 7.84. The molecule has 0 aromatic rings. The van der Waals surface area contributed by atoms with Crippen molar-refractivity contribution in [3.8, 4) is 0 Å². The zero-order valence-corrected chi connectivity index (χ0v) is 14.0. The van der Waals surface area contributed by atoms with Gasteiger partial charge in [0.1, 0.15) is 5.78 Å². The molecule has 0 aliphatic heterocycles. The zero-order valence-electron chi connectivity index (χ0n) is 13.2. The van der Waals surface area contributed by atoms with Gasteiger partial charge in [0.2, 0.25) is 0 Å². The molecule has 3 atom stereocenters. The normalized spacial score (nSPS) is 25.8. The highest BCUT2D eigenvalue weighted by atomic mass is 32.2. The van der Waals surface area contributed by atoms with Crippen molar-refractivity contribution in [2.24, 2.45) is 11.8 Å². The molecule has 3 heteroatoms. The van der Waals surface area contributed by atoms with Gasteiger partial charge in [-0.1, -0.05) is 26.7 Å². The molecule has 0 aromatic carbocycles. The van der Waals surface area contributed by atoms with Crippen molar-refractivity contribution in [2.75, 3.05) is 25.6 Å². The molecule has 0 radical (unpaired) electrons. The van der Waals surface area contributed by atoms with E-state index in [1.165, 1.54) is 25.0 Å². The van der Waals surface area contributed by atoms with Crippen molar-refractivity contribution in [2.45, 2.75) is 58.4 Å². The molecule has 0 aromatic heterocycles. The summed E-state index contributed by atoms with van der Waals surface area (Å²) < 4.78 is 0. The number of ketones is 1. The van der Waals surface area contributed by atoms with E-state index in [2.05, 4.69) is 32.1 Å². The van der Waals surface area contributed by atoms with E-state index < -0.39 is 0 Å². The molecule has 1 fully saturated rings. The largest absolute Gasteiger partial charge is 0.302 e. The summed E-state index contributed by atoms with van der Waals surface area (Å²) in [5.74, 6) is 2.78. The van der Waals surface area contributed by atoms with Gasteiger partial charge in [0, 0.05) is 30.7 Å². The minimum Gasteiger partial charge on any atom is -0.302 e. The molecular formula is C16H31NOS. The number of rotatable bonds is 8. The Morgan fingerprint density at radius 3 is 2.74 bits per heavy atom. The lowest BCUT2D eigenvalue weighted by atomic mass is 9.78. The maximum absolute atomic E-state index is 12.1. The third-order valence-electron chi connectivity index (χ3n) is 4.53. The van der Waals surface area contributed by atoms with Crippen LogP contribution in [-0.4, -0.2) is 42.3 Å². The van der Waals surface area contributed by atoms with Gasteiger partial charge in [0.15, 0.2) is 0 Å². The number of hydrogen-bond donors (Lipinski definition) is 0. The molecule has 0 amide bonds. The quantitative estimate of drug-likeness (QED) is 0.676. The van der Waals surface area contributed by atoms with E-state index in [9.17, 15) is 4.79 Å². The Bertz CT molecular complexity index is 269. The Hall–Kier alpha value is -0.0200. The van der Waals surface area contributed by atoms with Gasteiger partial charge >= 0.3 is 0 Å². The number of thioether (sulfide) groups is 1. The molecule has 19 heavy (non-hydrogen) atoms. The Morgan fingerprint density at radius 2 is 2.16 bits per heavy atom. The van der Waals surface area contributed by atoms with Crippen LogP contribution in [0.4, 0.5) is 0 Å². The summed E-state index contributed by atoms with van der Waals surface area (Å²) in [4.78, 5) is 14.5. The van der Waals surface area contributed by atoms with Gasteiger partial charge in [-0.3, -0.25) is 4.79 Å². The van der Waals surface area contributed by atoms with E-state index in [-0.39, 0.29) is 0 Å². The molecule has 0 spiro atoms. The summed E-state index contributed by atoms with van der Waals surface area (Å²) in [6.45, 7) is 5.47. The van der Waals surface area contributed by atoms with Gasteiger partial charge in [-0.15, -0.1) is 0 Å². The molecule has 1 aliphatic rings.